The summed E-state index contributed by atoms with van der Waals surface area (Å²) in [7, 11) is -0.868. The van der Waals surface area contributed by atoms with Crippen LogP contribution in [0.25, 0.3) is 0 Å². The Balaban J connectivity index is 2.31. The molecule has 2 heteroatoms. The molecule has 0 amide bonds. The highest BCUT2D eigenvalue weighted by Gasteiger charge is 2.35. The second-order valence-electron chi connectivity index (χ2n) is 5.37. The Bertz CT molecular complexity index is 627. The fourth-order valence-corrected chi connectivity index (χ4v) is 4.10. The Morgan fingerprint density at radius 3 is 1.18 bits per heavy atom. The SMILES string of the molecule is O=[PH2]CC(c1ccccc1)(c1ccccc1)c1ccccc1. The Morgan fingerprint density at radius 1 is 0.591 bits per heavy atom. The second kappa shape index (κ2) is 6.77. The molecule has 3 aromatic carbocycles. The molecular formula is C20H19OP. The van der Waals surface area contributed by atoms with E-state index in [0.717, 1.165) is 0 Å². The van der Waals surface area contributed by atoms with Gasteiger partial charge in [-0.25, -0.2) is 0 Å². The molecule has 110 valence electrons. The molecule has 0 spiro atoms. The molecule has 0 radical (unpaired) electrons. The molecule has 0 aliphatic heterocycles. The highest BCUT2D eigenvalue weighted by Crippen LogP contribution is 2.41. The molecule has 1 atom stereocenters. The highest BCUT2D eigenvalue weighted by atomic mass is 31.1. The minimum absolute atomic E-state index is 0.346. The van der Waals surface area contributed by atoms with Gasteiger partial charge in [0.15, 0.2) is 0 Å². The van der Waals surface area contributed by atoms with E-state index in [1.807, 2.05) is 18.2 Å². The first-order valence-electron chi connectivity index (χ1n) is 7.48. The van der Waals surface area contributed by atoms with E-state index < -0.39 is 8.46 Å². The number of benzene rings is 3. The summed E-state index contributed by atoms with van der Waals surface area (Å²) in [4.78, 5) is 0. The maximum Gasteiger partial charge on any atom is 0.0660 e. The van der Waals surface area contributed by atoms with Crippen molar-refractivity contribution in [2.24, 2.45) is 0 Å². The van der Waals surface area contributed by atoms with Crippen LogP contribution < -0.4 is 0 Å². The quantitative estimate of drug-likeness (QED) is 0.490. The van der Waals surface area contributed by atoms with Crippen LogP contribution in [0.15, 0.2) is 91.0 Å². The lowest BCUT2D eigenvalue weighted by Crippen LogP contribution is -2.31. The molecule has 0 heterocycles. The first-order valence-corrected chi connectivity index (χ1v) is 8.77. The lowest BCUT2D eigenvalue weighted by atomic mass is 9.71. The summed E-state index contributed by atoms with van der Waals surface area (Å²) in [5.74, 6) is 0. The topological polar surface area (TPSA) is 17.1 Å². The molecule has 1 unspecified atom stereocenters. The summed E-state index contributed by atoms with van der Waals surface area (Å²) in [5.41, 5.74) is 3.23. The average Bonchev–Trinajstić information content (AvgIpc) is 2.62. The smallest absolute Gasteiger partial charge is 0.0660 e. The van der Waals surface area contributed by atoms with Crippen LogP contribution >= 0.6 is 8.46 Å². The van der Waals surface area contributed by atoms with E-state index in [2.05, 4.69) is 72.8 Å². The number of hydrogen-bond acceptors (Lipinski definition) is 1. The normalized spacial score (nSPS) is 11.8. The number of hydrogen-bond donors (Lipinski definition) is 0. The predicted molar refractivity (Wildman–Crippen MR) is 94.5 cm³/mol. The van der Waals surface area contributed by atoms with Crippen molar-refractivity contribution < 1.29 is 4.57 Å². The summed E-state index contributed by atoms with van der Waals surface area (Å²) in [6.07, 6.45) is 0.630. The van der Waals surface area contributed by atoms with Gasteiger partial charge in [-0.15, -0.1) is 0 Å². The lowest BCUT2D eigenvalue weighted by Gasteiger charge is -2.34. The van der Waals surface area contributed by atoms with Crippen LogP contribution in [0.2, 0.25) is 0 Å². The van der Waals surface area contributed by atoms with Crippen molar-refractivity contribution in [3.05, 3.63) is 108 Å². The molecule has 0 aromatic heterocycles. The monoisotopic (exact) mass is 306 g/mol. The van der Waals surface area contributed by atoms with E-state index in [4.69, 9.17) is 0 Å². The van der Waals surface area contributed by atoms with Crippen molar-refractivity contribution >= 4 is 8.46 Å². The number of rotatable bonds is 5. The van der Waals surface area contributed by atoms with Crippen molar-refractivity contribution in [3.63, 3.8) is 0 Å². The van der Waals surface area contributed by atoms with E-state index in [1.165, 1.54) is 16.7 Å². The standard InChI is InChI=1S/C20H19OP/c21-22-16-20(17-10-4-1-5-11-17,18-12-6-2-7-13-18)19-14-8-3-9-15-19/h1-15H,16,22H2. The lowest BCUT2D eigenvalue weighted by molar-refractivity contribution is 0.588. The van der Waals surface area contributed by atoms with E-state index in [9.17, 15) is 4.57 Å². The molecule has 0 N–H and O–H groups in total. The first-order chi connectivity index (χ1) is 10.9. The first kappa shape index (κ1) is 14.8. The van der Waals surface area contributed by atoms with Gasteiger partial charge in [0.1, 0.15) is 0 Å². The van der Waals surface area contributed by atoms with E-state index in [1.54, 1.807) is 0 Å². The Labute approximate surface area is 132 Å². The molecule has 0 aliphatic rings. The van der Waals surface area contributed by atoms with Gasteiger partial charge in [0.2, 0.25) is 0 Å². The maximum absolute atomic E-state index is 11.7. The zero-order valence-corrected chi connectivity index (χ0v) is 13.5. The average molecular weight is 306 g/mol. The van der Waals surface area contributed by atoms with Crippen LogP contribution in [-0.2, 0) is 9.98 Å². The minimum atomic E-state index is -0.868. The van der Waals surface area contributed by atoms with Gasteiger partial charge in [-0.2, -0.15) is 0 Å². The van der Waals surface area contributed by atoms with Crippen molar-refractivity contribution in [1.29, 1.82) is 0 Å². The summed E-state index contributed by atoms with van der Waals surface area (Å²) in [6, 6.07) is 31.2. The van der Waals surface area contributed by atoms with Gasteiger partial charge in [0, 0.05) is 6.16 Å². The molecule has 0 aliphatic carbocycles. The Hall–Kier alpha value is -2.11. The van der Waals surface area contributed by atoms with Crippen LogP contribution in [0.5, 0.6) is 0 Å². The molecule has 0 fully saturated rings. The highest BCUT2D eigenvalue weighted by molar-refractivity contribution is 7.23. The fraction of sp³-hybridized carbons (Fsp3) is 0.100. The third-order valence-electron chi connectivity index (χ3n) is 4.19. The molecule has 0 bridgehead atoms. The van der Waals surface area contributed by atoms with Gasteiger partial charge in [0.05, 0.1) is 13.9 Å². The van der Waals surface area contributed by atoms with Crippen LogP contribution in [0.1, 0.15) is 16.7 Å². The molecule has 1 nitrogen and oxygen atoms in total. The Morgan fingerprint density at radius 2 is 0.909 bits per heavy atom. The van der Waals surface area contributed by atoms with E-state index >= 15 is 0 Å². The van der Waals surface area contributed by atoms with Crippen LogP contribution in [0, 0.1) is 0 Å². The van der Waals surface area contributed by atoms with Gasteiger partial charge in [-0.05, 0) is 16.7 Å². The zero-order valence-electron chi connectivity index (χ0n) is 12.4. The van der Waals surface area contributed by atoms with Gasteiger partial charge < -0.3 is 4.57 Å². The molecule has 0 saturated heterocycles. The molecule has 3 rings (SSSR count). The summed E-state index contributed by atoms with van der Waals surface area (Å²) < 4.78 is 11.7. The predicted octanol–water partition coefficient (Wildman–Crippen LogP) is 4.78. The summed E-state index contributed by atoms with van der Waals surface area (Å²) in [6.45, 7) is 0. The van der Waals surface area contributed by atoms with Crippen LogP contribution in [0.4, 0.5) is 0 Å². The van der Waals surface area contributed by atoms with Gasteiger partial charge >= 0.3 is 0 Å². The summed E-state index contributed by atoms with van der Waals surface area (Å²) >= 11 is 0. The summed E-state index contributed by atoms with van der Waals surface area (Å²) in [5, 5.41) is 0. The van der Waals surface area contributed by atoms with Crippen molar-refractivity contribution in [2.45, 2.75) is 5.41 Å². The second-order valence-corrected chi connectivity index (χ2v) is 6.12. The zero-order chi connectivity index (χ0) is 15.3. The third-order valence-corrected chi connectivity index (χ3v) is 4.97. The maximum atomic E-state index is 11.7. The van der Waals surface area contributed by atoms with Crippen LogP contribution in [-0.4, -0.2) is 6.16 Å². The molecular weight excluding hydrogens is 287 g/mol. The van der Waals surface area contributed by atoms with Crippen molar-refractivity contribution in [3.8, 4) is 0 Å². The van der Waals surface area contributed by atoms with Crippen LogP contribution in [0.3, 0.4) is 0 Å². The Kier molecular flexibility index (Phi) is 4.56. The minimum Gasteiger partial charge on any atom is -0.330 e. The van der Waals surface area contributed by atoms with Crippen molar-refractivity contribution in [1.82, 2.24) is 0 Å². The van der Waals surface area contributed by atoms with Crippen molar-refractivity contribution in [2.75, 3.05) is 6.16 Å². The third kappa shape index (κ3) is 2.65. The van der Waals surface area contributed by atoms with Gasteiger partial charge in [-0.3, -0.25) is 0 Å². The van der Waals surface area contributed by atoms with E-state index in [0.29, 0.717) is 6.16 Å². The molecule has 0 saturated carbocycles. The van der Waals surface area contributed by atoms with E-state index in [-0.39, 0.29) is 5.41 Å². The largest absolute Gasteiger partial charge is 0.330 e. The molecule has 22 heavy (non-hydrogen) atoms. The molecule has 3 aromatic rings. The van der Waals surface area contributed by atoms with Gasteiger partial charge in [0.25, 0.3) is 0 Å². The fourth-order valence-electron chi connectivity index (χ4n) is 3.15. The van der Waals surface area contributed by atoms with Gasteiger partial charge in [-0.1, -0.05) is 91.0 Å².